The number of methoxy groups -OCH3 is 1. The maximum atomic E-state index is 12.8. The van der Waals surface area contributed by atoms with E-state index in [1.807, 2.05) is 27.7 Å². The number of hydrogen-bond donors (Lipinski definition) is 1. The minimum Gasteiger partial charge on any atom is -0.481 e. The third kappa shape index (κ3) is 5.00. The number of nitrogens with zero attached hydrogens (tertiary/aromatic N) is 4. The van der Waals surface area contributed by atoms with Gasteiger partial charge in [-0.05, 0) is 22.3 Å². The number of carbonyl (C=O) groups is 1. The number of ether oxygens (including phenoxy) is 2. The zero-order valence-corrected chi connectivity index (χ0v) is 19.9. The zero-order valence-electron chi connectivity index (χ0n) is 19.1. The van der Waals surface area contributed by atoms with E-state index in [1.54, 1.807) is 17.9 Å². The molecule has 0 fully saturated rings. The summed E-state index contributed by atoms with van der Waals surface area (Å²) in [5.41, 5.74) is 2.06. The molecule has 1 aliphatic heterocycles. The quantitative estimate of drug-likeness (QED) is 0.665. The molecule has 0 atom stereocenters. The number of nitrogens with one attached hydrogen (secondary N) is 1. The summed E-state index contributed by atoms with van der Waals surface area (Å²) < 4.78 is 29.3. The predicted octanol–water partition coefficient (Wildman–Crippen LogP) is 4.69. The third-order valence-electron chi connectivity index (χ3n) is 4.96. The predicted molar refractivity (Wildman–Crippen MR) is 118 cm³/mol. The molecule has 2 aromatic rings. The summed E-state index contributed by atoms with van der Waals surface area (Å²) in [6, 6.07) is 1.08. The van der Waals surface area contributed by atoms with Crippen LogP contribution in [0.25, 0.3) is 0 Å². The molecular formula is C21H30N5O4S-. The van der Waals surface area contributed by atoms with E-state index in [0.717, 1.165) is 5.56 Å². The Bertz CT molecular complexity index is 1040. The second-order valence-electron chi connectivity index (χ2n) is 9.02. The molecule has 10 heteroatoms. The molecule has 1 N–H and O–H groups in total. The van der Waals surface area contributed by atoms with Gasteiger partial charge < -0.3 is 23.4 Å². The van der Waals surface area contributed by atoms with Gasteiger partial charge in [-0.2, -0.15) is 5.10 Å². The van der Waals surface area contributed by atoms with Gasteiger partial charge in [-0.3, -0.25) is 0 Å². The third-order valence-corrected chi connectivity index (χ3v) is 5.94. The van der Waals surface area contributed by atoms with Crippen molar-refractivity contribution in [3.8, 4) is 11.8 Å². The smallest absolute Gasteiger partial charge is 0.322 e. The van der Waals surface area contributed by atoms with Gasteiger partial charge in [0.1, 0.15) is 0 Å². The lowest BCUT2D eigenvalue weighted by Crippen LogP contribution is -2.33. The van der Waals surface area contributed by atoms with Gasteiger partial charge in [0.2, 0.25) is 5.88 Å². The second kappa shape index (κ2) is 8.86. The number of aromatic nitrogens is 3. The first kappa shape index (κ1) is 23.1. The van der Waals surface area contributed by atoms with Crippen LogP contribution in [-0.2, 0) is 21.3 Å². The van der Waals surface area contributed by atoms with Gasteiger partial charge in [0.25, 0.3) is 0 Å². The lowest BCUT2D eigenvalue weighted by Gasteiger charge is -2.31. The Morgan fingerprint density at radius 1 is 1.32 bits per heavy atom. The summed E-state index contributed by atoms with van der Waals surface area (Å²) in [5.74, 6) is 1.02. The van der Waals surface area contributed by atoms with E-state index in [4.69, 9.17) is 9.47 Å². The topological polar surface area (TPSA) is 108 Å². The Labute approximate surface area is 184 Å². The van der Waals surface area contributed by atoms with Gasteiger partial charge in [-0.25, -0.2) is 14.5 Å². The van der Waals surface area contributed by atoms with Gasteiger partial charge in [0, 0.05) is 17.7 Å². The van der Waals surface area contributed by atoms with Crippen molar-refractivity contribution in [2.45, 2.75) is 64.8 Å². The lowest BCUT2D eigenvalue weighted by atomic mass is 9.94. The second-order valence-corrected chi connectivity index (χ2v) is 10.1. The summed E-state index contributed by atoms with van der Waals surface area (Å²) in [5, 5.41) is 7.04. The Balaban J connectivity index is 1.92. The number of urea groups is 1. The molecule has 0 aliphatic carbocycles. The fraction of sp³-hybridized carbons (Fsp3) is 0.571. The van der Waals surface area contributed by atoms with Crippen molar-refractivity contribution in [3.05, 3.63) is 23.5 Å². The number of pyridine rings is 1. The first-order chi connectivity index (χ1) is 14.5. The Kier molecular flexibility index (Phi) is 6.59. The summed E-state index contributed by atoms with van der Waals surface area (Å²) in [6.07, 6.45) is 1.44. The molecule has 0 radical (unpaired) electrons. The molecule has 1 aliphatic rings. The molecular weight excluding hydrogens is 418 g/mol. The molecule has 0 saturated heterocycles. The largest absolute Gasteiger partial charge is 0.481 e. The lowest BCUT2D eigenvalue weighted by molar-refractivity contribution is 0.0972. The van der Waals surface area contributed by atoms with Crippen molar-refractivity contribution in [2.24, 2.45) is 9.78 Å². The van der Waals surface area contributed by atoms with Crippen molar-refractivity contribution < 1.29 is 18.5 Å². The van der Waals surface area contributed by atoms with E-state index >= 15 is 0 Å². The van der Waals surface area contributed by atoms with E-state index in [9.17, 15) is 9.00 Å². The zero-order chi connectivity index (χ0) is 22.9. The van der Waals surface area contributed by atoms with Gasteiger partial charge in [0.15, 0.2) is 5.88 Å². The van der Waals surface area contributed by atoms with E-state index in [-0.39, 0.29) is 22.1 Å². The molecule has 2 amide bonds. The van der Waals surface area contributed by atoms with Gasteiger partial charge >= 0.3 is 6.03 Å². The average Bonchev–Trinajstić information content (AvgIpc) is 3.09. The number of carbonyl (C=O) groups excluding carboxylic acids is 1. The minimum absolute atomic E-state index is 0.0350. The van der Waals surface area contributed by atoms with Gasteiger partial charge in [-0.15, -0.1) is 10.6 Å². The summed E-state index contributed by atoms with van der Waals surface area (Å²) >= 11 is 0. The van der Waals surface area contributed by atoms with Crippen molar-refractivity contribution in [1.29, 1.82) is 0 Å². The SMILES string of the molecule is COc1cc(C(C)C)c(NC(=O)N=[S-](=O)c2cnn3c2OCC(C)(C)C3)c(C(C)C)n1. The maximum absolute atomic E-state index is 12.8. The van der Waals surface area contributed by atoms with E-state index in [2.05, 4.69) is 33.6 Å². The molecule has 0 unspecified atom stereocenters. The summed E-state index contributed by atoms with van der Waals surface area (Å²) in [6.45, 7) is 13.2. The van der Waals surface area contributed by atoms with E-state index in [0.29, 0.717) is 36.3 Å². The highest BCUT2D eigenvalue weighted by Gasteiger charge is 2.28. The standard InChI is InChI=1S/C21H30N5O4S/c1-12(2)14-8-16(29-7)23-17(13(3)4)18(14)24-20(27)25-31(28)15-9-22-26-10-21(5,6)11-30-19(15)26/h8-9,12-13H,10-11H2,1-7H3,(H,24,27)/q-1. The highest BCUT2D eigenvalue weighted by atomic mass is 32.2. The average molecular weight is 449 g/mol. The molecule has 2 aromatic heterocycles. The van der Waals surface area contributed by atoms with Crippen molar-refractivity contribution in [2.75, 3.05) is 19.0 Å². The number of rotatable bonds is 5. The first-order valence-electron chi connectivity index (χ1n) is 10.2. The molecule has 31 heavy (non-hydrogen) atoms. The molecule has 170 valence electrons. The molecule has 0 aromatic carbocycles. The number of anilines is 1. The Morgan fingerprint density at radius 2 is 2.03 bits per heavy atom. The molecule has 0 saturated carbocycles. The highest BCUT2D eigenvalue weighted by Crippen LogP contribution is 2.35. The van der Waals surface area contributed by atoms with E-state index < -0.39 is 16.6 Å². The van der Waals surface area contributed by atoms with Crippen LogP contribution in [-0.4, -0.2) is 34.5 Å². The van der Waals surface area contributed by atoms with Crippen LogP contribution in [0.4, 0.5) is 10.5 Å². The number of fused-ring (bicyclic) bond motifs is 1. The molecule has 0 bridgehead atoms. The van der Waals surface area contributed by atoms with Crippen LogP contribution < -0.4 is 14.8 Å². The van der Waals surface area contributed by atoms with Crippen LogP contribution in [0.3, 0.4) is 0 Å². The fourth-order valence-electron chi connectivity index (χ4n) is 3.38. The van der Waals surface area contributed by atoms with Crippen LogP contribution in [0.1, 0.15) is 64.6 Å². The van der Waals surface area contributed by atoms with E-state index in [1.165, 1.54) is 6.20 Å². The van der Waals surface area contributed by atoms with Crippen LogP contribution in [0.2, 0.25) is 0 Å². The molecule has 3 rings (SSSR count). The molecule has 3 heterocycles. The van der Waals surface area contributed by atoms with Crippen LogP contribution in [0.5, 0.6) is 11.8 Å². The van der Waals surface area contributed by atoms with Crippen LogP contribution >= 0.6 is 0 Å². The molecule has 9 nitrogen and oxygen atoms in total. The number of amides is 2. The first-order valence-corrected chi connectivity index (χ1v) is 11.3. The van der Waals surface area contributed by atoms with Gasteiger partial charge in [-0.1, -0.05) is 41.5 Å². The Morgan fingerprint density at radius 3 is 2.65 bits per heavy atom. The number of hydrogen-bond acceptors (Lipinski definition) is 7. The summed E-state index contributed by atoms with van der Waals surface area (Å²) in [7, 11) is -0.393. The van der Waals surface area contributed by atoms with Crippen molar-refractivity contribution in [1.82, 2.24) is 14.8 Å². The highest BCUT2D eigenvalue weighted by molar-refractivity contribution is 7.75. The summed E-state index contributed by atoms with van der Waals surface area (Å²) in [4.78, 5) is 17.5. The van der Waals surface area contributed by atoms with Crippen molar-refractivity contribution in [3.63, 3.8) is 0 Å². The molecule has 0 spiro atoms. The minimum atomic E-state index is -1.95. The van der Waals surface area contributed by atoms with Crippen LogP contribution in [0.15, 0.2) is 21.5 Å². The normalized spacial score (nSPS) is 16.2. The monoisotopic (exact) mass is 448 g/mol. The Hall–Kier alpha value is -2.62. The van der Waals surface area contributed by atoms with Crippen LogP contribution in [0, 0.1) is 5.41 Å². The van der Waals surface area contributed by atoms with Gasteiger partial charge in [0.05, 0.1) is 31.6 Å². The fourth-order valence-corrected chi connectivity index (χ4v) is 4.12. The van der Waals surface area contributed by atoms with Crippen molar-refractivity contribution >= 4 is 22.3 Å². The maximum Gasteiger partial charge on any atom is 0.322 e.